The number of ether oxygens (including phenoxy) is 1. The van der Waals surface area contributed by atoms with Crippen molar-refractivity contribution in [1.29, 1.82) is 0 Å². The number of hydrogen-bond acceptors (Lipinski definition) is 3. The average molecular weight is 811 g/mol. The van der Waals surface area contributed by atoms with Crippen molar-refractivity contribution in [1.82, 2.24) is 4.90 Å². The van der Waals surface area contributed by atoms with Crippen molar-refractivity contribution in [3.63, 3.8) is 0 Å². The number of hydrogen-bond donors (Lipinski definition) is 0. The van der Waals surface area contributed by atoms with Crippen LogP contribution in [0.2, 0.25) is 0 Å². The molecular formula is C59H58N2O. The van der Waals surface area contributed by atoms with Crippen LogP contribution in [0.15, 0.2) is 203 Å². The van der Waals surface area contributed by atoms with Gasteiger partial charge >= 0.3 is 0 Å². The smallest absolute Gasteiger partial charge is 0.133 e. The summed E-state index contributed by atoms with van der Waals surface area (Å²) in [4.78, 5) is 5.36. The van der Waals surface area contributed by atoms with Gasteiger partial charge in [0.2, 0.25) is 0 Å². The SMILES string of the molecule is CC1C=CC=C(N(C2=CCC(N3C4=C(C5C=CC=CC53)[C@H]3Oc5ccccc5C3C=C4C3=CC(C)[C@@H](C4=CC=CCC4)C=C3)C=C2)c2ccc3c(c2)C(C)(C)C2=C3C=CCC2)C1. The van der Waals surface area contributed by atoms with Gasteiger partial charge in [0, 0.05) is 62.7 Å². The second-order valence-corrected chi connectivity index (χ2v) is 19.8. The molecule has 8 atom stereocenters. The predicted octanol–water partition coefficient (Wildman–Crippen LogP) is 13.8. The normalized spacial score (nSPS) is 31.6. The lowest BCUT2D eigenvalue weighted by Gasteiger charge is -2.40. The van der Waals surface area contributed by atoms with Crippen molar-refractivity contribution in [3.8, 4) is 5.75 Å². The fraction of sp³-hybridized carbons (Fsp3) is 0.322. The molecule has 6 unspecified atom stereocenters. The maximum Gasteiger partial charge on any atom is 0.133 e. The third-order valence-electron chi connectivity index (χ3n) is 15.7. The van der Waals surface area contributed by atoms with E-state index >= 15 is 0 Å². The molecule has 12 rings (SSSR count). The third-order valence-corrected chi connectivity index (χ3v) is 15.7. The first-order valence-electron chi connectivity index (χ1n) is 23.6. The highest BCUT2D eigenvalue weighted by atomic mass is 16.5. The molecule has 2 aromatic rings. The number of nitrogens with zero attached hydrogens (tertiary/aromatic N) is 2. The fourth-order valence-electron chi connectivity index (χ4n) is 12.7. The fourth-order valence-corrected chi connectivity index (χ4v) is 12.7. The van der Waals surface area contributed by atoms with Gasteiger partial charge in [-0.05, 0) is 103 Å². The van der Waals surface area contributed by atoms with Gasteiger partial charge in [-0.3, -0.25) is 0 Å². The summed E-state index contributed by atoms with van der Waals surface area (Å²) in [6.45, 7) is 9.64. The molecule has 0 saturated heterocycles. The monoisotopic (exact) mass is 810 g/mol. The maximum atomic E-state index is 7.02. The third kappa shape index (κ3) is 5.90. The topological polar surface area (TPSA) is 15.7 Å². The van der Waals surface area contributed by atoms with E-state index in [1.807, 2.05) is 0 Å². The molecule has 0 aromatic heterocycles. The Bertz CT molecular complexity index is 2720. The van der Waals surface area contributed by atoms with E-state index in [1.165, 1.54) is 61.8 Å². The molecule has 0 amide bonds. The molecular weight excluding hydrogens is 753 g/mol. The van der Waals surface area contributed by atoms with E-state index in [1.54, 1.807) is 11.1 Å². The van der Waals surface area contributed by atoms with Crippen LogP contribution in [0.5, 0.6) is 5.75 Å². The molecule has 3 nitrogen and oxygen atoms in total. The number of rotatable bonds is 6. The van der Waals surface area contributed by atoms with Crippen LogP contribution in [0.3, 0.4) is 0 Å². The second-order valence-electron chi connectivity index (χ2n) is 19.8. The first kappa shape index (κ1) is 37.9. The van der Waals surface area contributed by atoms with Crippen molar-refractivity contribution in [2.24, 2.45) is 23.7 Å². The minimum atomic E-state index is -0.0144. The van der Waals surface area contributed by atoms with Gasteiger partial charge < -0.3 is 14.5 Å². The van der Waals surface area contributed by atoms with Crippen molar-refractivity contribution in [2.75, 3.05) is 4.90 Å². The molecule has 310 valence electrons. The second kappa shape index (κ2) is 14.7. The molecule has 0 bridgehead atoms. The Hall–Kier alpha value is -5.80. The van der Waals surface area contributed by atoms with Crippen molar-refractivity contribution in [2.45, 2.75) is 95.7 Å². The highest BCUT2D eigenvalue weighted by molar-refractivity contribution is 5.88. The van der Waals surface area contributed by atoms with Crippen molar-refractivity contribution >= 4 is 11.3 Å². The molecule has 0 saturated carbocycles. The molecule has 0 spiro atoms. The molecule has 62 heavy (non-hydrogen) atoms. The predicted molar refractivity (Wildman–Crippen MR) is 256 cm³/mol. The van der Waals surface area contributed by atoms with E-state index in [2.05, 4.69) is 195 Å². The zero-order valence-corrected chi connectivity index (χ0v) is 36.7. The average Bonchev–Trinajstić information content (AvgIpc) is 3.92. The summed E-state index contributed by atoms with van der Waals surface area (Å²) in [5, 5.41) is 0. The van der Waals surface area contributed by atoms with Crippen LogP contribution >= 0.6 is 0 Å². The summed E-state index contributed by atoms with van der Waals surface area (Å²) in [5.41, 5.74) is 18.3. The highest BCUT2D eigenvalue weighted by Gasteiger charge is 2.52. The first-order valence-corrected chi connectivity index (χ1v) is 23.6. The lowest BCUT2D eigenvalue weighted by molar-refractivity contribution is 0.240. The molecule has 2 aromatic carbocycles. The first-order chi connectivity index (χ1) is 30.3. The zero-order chi connectivity index (χ0) is 41.7. The van der Waals surface area contributed by atoms with Crippen LogP contribution in [-0.4, -0.2) is 23.1 Å². The van der Waals surface area contributed by atoms with Gasteiger partial charge in [-0.15, -0.1) is 0 Å². The standard InChI is InChI=1S/C59H58N2O/c1-37-15-14-18-43(33-37)60(44-30-32-47-46-19-8-11-22-52(46)59(3,4)53(47)35-44)41-26-28-42(29-27-41)61-54-23-12-9-21-49(54)56-57(61)50(36-51-48-20-10-13-24-55(48)62-58(51)56)40-25-31-45(38(2)34-40)39-16-6-5-7-17-39/h5-6,8-10,12-16,18-21,23-28,30-32,34-38,42,45,49,51,54,58H,7,11,17,22,29,33H2,1-4H3/t37?,38?,42?,45-,49?,51?,54?,58-/m0/s1. The number of benzene rings is 2. The van der Waals surface area contributed by atoms with E-state index in [9.17, 15) is 0 Å². The summed E-state index contributed by atoms with van der Waals surface area (Å²) < 4.78 is 7.02. The summed E-state index contributed by atoms with van der Waals surface area (Å²) >= 11 is 0. The van der Waals surface area contributed by atoms with E-state index in [0.29, 0.717) is 17.8 Å². The molecule has 0 fully saturated rings. The van der Waals surface area contributed by atoms with Crippen LogP contribution in [0.25, 0.3) is 5.57 Å². The summed E-state index contributed by atoms with van der Waals surface area (Å²) in [6, 6.07) is 16.5. The van der Waals surface area contributed by atoms with Crippen LogP contribution < -0.4 is 9.64 Å². The molecule has 0 radical (unpaired) electrons. The van der Waals surface area contributed by atoms with E-state index in [-0.39, 0.29) is 35.4 Å². The Balaban J connectivity index is 0.924. The number of allylic oxidation sites excluding steroid dienone is 19. The zero-order valence-electron chi connectivity index (χ0n) is 36.7. The molecule has 10 aliphatic rings. The lowest BCUT2D eigenvalue weighted by atomic mass is 9.74. The Morgan fingerprint density at radius 2 is 1.68 bits per heavy atom. The number of fused-ring (bicyclic) bond motifs is 8. The molecule has 2 aliphatic heterocycles. The van der Waals surface area contributed by atoms with Crippen LogP contribution in [0.1, 0.15) is 88.8 Å². The van der Waals surface area contributed by atoms with Crippen LogP contribution in [0.4, 0.5) is 5.69 Å². The maximum absolute atomic E-state index is 7.02. The van der Waals surface area contributed by atoms with Crippen molar-refractivity contribution in [3.05, 3.63) is 220 Å². The number of para-hydroxylation sites is 1. The van der Waals surface area contributed by atoms with Crippen LogP contribution in [0, 0.1) is 23.7 Å². The van der Waals surface area contributed by atoms with E-state index in [0.717, 1.165) is 44.3 Å². The molecule has 2 heterocycles. The minimum absolute atomic E-state index is 0.0144. The largest absolute Gasteiger partial charge is 0.485 e. The summed E-state index contributed by atoms with van der Waals surface area (Å²) in [6.07, 6.45) is 52.2. The Kier molecular flexibility index (Phi) is 8.96. The van der Waals surface area contributed by atoms with Gasteiger partial charge in [0.05, 0.1) is 12.1 Å². The number of anilines is 1. The Labute approximate surface area is 369 Å². The minimum Gasteiger partial charge on any atom is -0.485 e. The molecule has 8 aliphatic carbocycles. The molecule has 0 N–H and O–H groups in total. The Morgan fingerprint density at radius 3 is 2.52 bits per heavy atom. The van der Waals surface area contributed by atoms with Crippen LogP contribution in [-0.2, 0) is 5.41 Å². The Morgan fingerprint density at radius 1 is 0.790 bits per heavy atom. The van der Waals surface area contributed by atoms with Gasteiger partial charge in [0.15, 0.2) is 0 Å². The summed E-state index contributed by atoms with van der Waals surface area (Å²) in [5.74, 6) is 2.81. The van der Waals surface area contributed by atoms with Gasteiger partial charge in [0.1, 0.15) is 11.9 Å². The van der Waals surface area contributed by atoms with Crippen molar-refractivity contribution < 1.29 is 4.74 Å². The van der Waals surface area contributed by atoms with Gasteiger partial charge in [0.25, 0.3) is 0 Å². The quantitative estimate of drug-likeness (QED) is 0.289. The molecule has 3 heteroatoms. The highest BCUT2D eigenvalue weighted by Crippen LogP contribution is 2.57. The lowest BCUT2D eigenvalue weighted by Crippen LogP contribution is -2.41. The van der Waals surface area contributed by atoms with E-state index < -0.39 is 0 Å². The van der Waals surface area contributed by atoms with Gasteiger partial charge in [-0.25, -0.2) is 0 Å². The summed E-state index contributed by atoms with van der Waals surface area (Å²) in [7, 11) is 0. The van der Waals surface area contributed by atoms with Gasteiger partial charge in [-0.2, -0.15) is 0 Å². The van der Waals surface area contributed by atoms with E-state index in [4.69, 9.17) is 4.74 Å². The van der Waals surface area contributed by atoms with Gasteiger partial charge in [-0.1, -0.05) is 166 Å².